The highest BCUT2D eigenvalue weighted by atomic mass is 79.9. The lowest BCUT2D eigenvalue weighted by Gasteiger charge is -2.08. The van der Waals surface area contributed by atoms with Crippen molar-refractivity contribution in [3.63, 3.8) is 0 Å². The first-order valence-electron chi connectivity index (χ1n) is 7.77. The SMILES string of the molecule is CC(C)n1c(-c2cc3c(s2)-c2ccc(Br)cc2OCC3)n[nH]c1=O. The maximum Gasteiger partial charge on any atom is 0.343 e. The van der Waals surface area contributed by atoms with Gasteiger partial charge in [-0.3, -0.25) is 4.57 Å². The van der Waals surface area contributed by atoms with E-state index in [0.717, 1.165) is 27.1 Å². The molecule has 3 aromatic rings. The van der Waals surface area contributed by atoms with E-state index in [9.17, 15) is 4.79 Å². The number of ether oxygens (including phenoxy) is 1. The van der Waals surface area contributed by atoms with Crippen molar-refractivity contribution in [3.8, 4) is 26.9 Å². The zero-order valence-electron chi connectivity index (χ0n) is 13.3. The highest BCUT2D eigenvalue weighted by molar-refractivity contribution is 9.10. The minimum Gasteiger partial charge on any atom is -0.493 e. The normalized spacial score (nSPS) is 13.3. The number of thiophene rings is 1. The third kappa shape index (κ3) is 2.52. The number of aromatic nitrogens is 3. The molecule has 0 spiro atoms. The smallest absolute Gasteiger partial charge is 0.343 e. The Labute approximate surface area is 151 Å². The van der Waals surface area contributed by atoms with Gasteiger partial charge in [0.2, 0.25) is 0 Å². The zero-order valence-corrected chi connectivity index (χ0v) is 15.7. The lowest BCUT2D eigenvalue weighted by Crippen LogP contribution is -2.19. The summed E-state index contributed by atoms with van der Waals surface area (Å²) < 4.78 is 8.58. The molecule has 0 bridgehead atoms. The van der Waals surface area contributed by atoms with E-state index in [1.54, 1.807) is 15.9 Å². The Kier molecular flexibility index (Phi) is 3.85. The van der Waals surface area contributed by atoms with Crippen molar-refractivity contribution >= 4 is 27.3 Å². The van der Waals surface area contributed by atoms with Gasteiger partial charge in [0, 0.05) is 27.4 Å². The number of fused-ring (bicyclic) bond motifs is 3. The summed E-state index contributed by atoms with van der Waals surface area (Å²) in [6.07, 6.45) is 0.842. The Balaban J connectivity index is 1.89. The van der Waals surface area contributed by atoms with Gasteiger partial charge in [-0.25, -0.2) is 9.89 Å². The predicted octanol–water partition coefficient (Wildman–Crippen LogP) is 4.25. The van der Waals surface area contributed by atoms with Crippen LogP contribution in [0.1, 0.15) is 25.5 Å². The summed E-state index contributed by atoms with van der Waals surface area (Å²) in [6.45, 7) is 4.61. The molecule has 5 nitrogen and oxygen atoms in total. The summed E-state index contributed by atoms with van der Waals surface area (Å²) in [4.78, 5) is 14.2. The fourth-order valence-corrected chi connectivity index (χ4v) is 4.55. The fourth-order valence-electron chi connectivity index (χ4n) is 2.98. The van der Waals surface area contributed by atoms with E-state index in [-0.39, 0.29) is 11.7 Å². The maximum absolute atomic E-state index is 12.0. The lowest BCUT2D eigenvalue weighted by atomic mass is 10.1. The van der Waals surface area contributed by atoms with Crippen LogP contribution in [0.4, 0.5) is 0 Å². The highest BCUT2D eigenvalue weighted by Gasteiger charge is 2.22. The Hall–Kier alpha value is -1.86. The molecule has 0 saturated heterocycles. The number of hydrogen-bond acceptors (Lipinski definition) is 4. The first-order valence-corrected chi connectivity index (χ1v) is 9.38. The number of benzene rings is 1. The Morgan fingerprint density at radius 1 is 1.38 bits per heavy atom. The molecule has 0 fully saturated rings. The topological polar surface area (TPSA) is 59.9 Å². The average molecular weight is 406 g/mol. The highest BCUT2D eigenvalue weighted by Crippen LogP contribution is 2.44. The van der Waals surface area contributed by atoms with E-state index in [1.165, 1.54) is 10.4 Å². The Bertz CT molecular complexity index is 971. The quantitative estimate of drug-likeness (QED) is 0.693. The summed E-state index contributed by atoms with van der Waals surface area (Å²) >= 11 is 5.15. The first-order chi connectivity index (χ1) is 11.5. The number of nitrogens with zero attached hydrogens (tertiary/aromatic N) is 2. The molecular formula is C17H16BrN3O2S. The van der Waals surface area contributed by atoms with E-state index in [1.807, 2.05) is 26.0 Å². The van der Waals surface area contributed by atoms with Gasteiger partial charge in [0.05, 0.1) is 11.5 Å². The molecule has 4 rings (SSSR count). The third-order valence-corrected chi connectivity index (χ3v) is 5.77. The fraction of sp³-hybridized carbons (Fsp3) is 0.294. The molecule has 3 heterocycles. The molecule has 0 amide bonds. The molecular weight excluding hydrogens is 390 g/mol. The van der Waals surface area contributed by atoms with Gasteiger partial charge in [-0.15, -0.1) is 11.3 Å². The van der Waals surface area contributed by atoms with Crippen LogP contribution in [0.2, 0.25) is 0 Å². The third-order valence-electron chi connectivity index (χ3n) is 4.07. The van der Waals surface area contributed by atoms with E-state index in [2.05, 4.69) is 38.3 Å². The van der Waals surface area contributed by atoms with Crippen molar-refractivity contribution in [2.24, 2.45) is 0 Å². The van der Waals surface area contributed by atoms with Gasteiger partial charge < -0.3 is 4.74 Å². The van der Waals surface area contributed by atoms with Crippen LogP contribution in [0.15, 0.2) is 33.5 Å². The minimum absolute atomic E-state index is 0.0553. The first kappa shape index (κ1) is 15.7. The van der Waals surface area contributed by atoms with Crippen molar-refractivity contribution in [1.82, 2.24) is 14.8 Å². The number of nitrogens with one attached hydrogen (secondary N) is 1. The molecule has 1 aliphatic heterocycles. The molecule has 1 N–H and O–H groups in total. The molecule has 0 aliphatic carbocycles. The number of aromatic amines is 1. The number of rotatable bonds is 2. The minimum atomic E-state index is -0.170. The van der Waals surface area contributed by atoms with Crippen LogP contribution >= 0.6 is 27.3 Å². The van der Waals surface area contributed by atoms with Crippen LogP contribution in [0.5, 0.6) is 5.75 Å². The van der Waals surface area contributed by atoms with Crippen molar-refractivity contribution in [2.45, 2.75) is 26.3 Å². The average Bonchev–Trinajstić information content (AvgIpc) is 3.07. The van der Waals surface area contributed by atoms with Gasteiger partial charge in [0.25, 0.3) is 0 Å². The van der Waals surface area contributed by atoms with Crippen LogP contribution < -0.4 is 10.4 Å². The van der Waals surface area contributed by atoms with Crippen LogP contribution in [-0.4, -0.2) is 21.4 Å². The van der Waals surface area contributed by atoms with Crippen LogP contribution in [-0.2, 0) is 6.42 Å². The summed E-state index contributed by atoms with van der Waals surface area (Å²) in [5.41, 5.74) is 2.16. The predicted molar refractivity (Wildman–Crippen MR) is 98.9 cm³/mol. The van der Waals surface area contributed by atoms with Gasteiger partial charge in [0.1, 0.15) is 5.75 Å². The Morgan fingerprint density at radius 3 is 3.00 bits per heavy atom. The van der Waals surface area contributed by atoms with Crippen LogP contribution in [0.25, 0.3) is 21.1 Å². The molecule has 124 valence electrons. The summed E-state index contributed by atoms with van der Waals surface area (Å²) in [6, 6.07) is 8.29. The lowest BCUT2D eigenvalue weighted by molar-refractivity contribution is 0.326. The molecule has 24 heavy (non-hydrogen) atoms. The van der Waals surface area contributed by atoms with Gasteiger partial charge in [-0.05, 0) is 43.7 Å². The molecule has 2 aromatic heterocycles. The number of halogens is 1. The van der Waals surface area contributed by atoms with Gasteiger partial charge in [-0.2, -0.15) is 5.10 Å². The number of hydrogen-bond donors (Lipinski definition) is 1. The second-order valence-corrected chi connectivity index (χ2v) is 7.99. The molecule has 7 heteroatoms. The van der Waals surface area contributed by atoms with Crippen LogP contribution in [0.3, 0.4) is 0 Å². The van der Waals surface area contributed by atoms with E-state index in [0.29, 0.717) is 12.4 Å². The second-order valence-electron chi connectivity index (χ2n) is 6.02. The van der Waals surface area contributed by atoms with Gasteiger partial charge >= 0.3 is 5.69 Å². The number of H-pyrrole nitrogens is 1. The van der Waals surface area contributed by atoms with E-state index >= 15 is 0 Å². The van der Waals surface area contributed by atoms with Gasteiger partial charge in [-0.1, -0.05) is 15.9 Å². The molecule has 0 unspecified atom stereocenters. The van der Waals surface area contributed by atoms with Crippen molar-refractivity contribution < 1.29 is 4.74 Å². The molecule has 1 aromatic carbocycles. The Morgan fingerprint density at radius 2 is 2.21 bits per heavy atom. The van der Waals surface area contributed by atoms with Crippen molar-refractivity contribution in [3.05, 3.63) is 44.8 Å². The van der Waals surface area contributed by atoms with Crippen molar-refractivity contribution in [1.29, 1.82) is 0 Å². The zero-order chi connectivity index (χ0) is 16.8. The largest absolute Gasteiger partial charge is 0.493 e. The maximum atomic E-state index is 12.0. The second kappa shape index (κ2) is 5.89. The van der Waals surface area contributed by atoms with E-state index < -0.39 is 0 Å². The molecule has 0 saturated carbocycles. The summed E-state index contributed by atoms with van der Waals surface area (Å²) in [5, 5.41) is 6.81. The van der Waals surface area contributed by atoms with Gasteiger partial charge in [0.15, 0.2) is 5.82 Å². The summed E-state index contributed by atoms with van der Waals surface area (Å²) in [5.74, 6) is 1.59. The standard InChI is InChI=1S/C17H16BrN3O2S/c1-9(2)21-16(19-20-17(21)22)14-7-10-5-6-23-13-8-11(18)3-4-12(13)15(10)24-14/h3-4,7-9H,5-6H2,1-2H3,(H,20,22). The molecule has 0 radical (unpaired) electrons. The van der Waals surface area contributed by atoms with Crippen molar-refractivity contribution in [2.75, 3.05) is 6.61 Å². The monoisotopic (exact) mass is 405 g/mol. The van der Waals surface area contributed by atoms with E-state index in [4.69, 9.17) is 4.74 Å². The molecule has 0 atom stereocenters. The molecule has 1 aliphatic rings. The van der Waals surface area contributed by atoms with Crippen LogP contribution in [0, 0.1) is 0 Å². The summed E-state index contributed by atoms with van der Waals surface area (Å²) in [7, 11) is 0.